The van der Waals surface area contributed by atoms with E-state index in [-0.39, 0.29) is 6.42 Å². The minimum Gasteiger partial charge on any atom is -0.480 e. The number of para-hydroxylation sites is 1. The monoisotopic (exact) mass is 352 g/mol. The summed E-state index contributed by atoms with van der Waals surface area (Å²) in [7, 11) is 0. The van der Waals surface area contributed by atoms with Gasteiger partial charge in [0.15, 0.2) is 0 Å². The summed E-state index contributed by atoms with van der Waals surface area (Å²) in [5, 5.41) is 12.8. The highest BCUT2D eigenvalue weighted by atomic mass is 16.6. The Morgan fingerprint density at radius 3 is 2.58 bits per heavy atom. The van der Waals surface area contributed by atoms with Crippen LogP contribution in [0.4, 0.5) is 4.79 Å². The van der Waals surface area contributed by atoms with Gasteiger partial charge in [-0.2, -0.15) is 0 Å². The van der Waals surface area contributed by atoms with Crippen LogP contribution in [0, 0.1) is 0 Å². The first-order valence-corrected chi connectivity index (χ1v) is 8.42. The molecule has 0 saturated carbocycles. The minimum absolute atomic E-state index is 0.156. The van der Waals surface area contributed by atoms with Crippen molar-refractivity contribution in [3.8, 4) is 5.75 Å². The maximum absolute atomic E-state index is 12.1. The van der Waals surface area contributed by atoms with Gasteiger partial charge in [0.2, 0.25) is 0 Å². The number of hydrogen-bond acceptors (Lipinski definition) is 3. The Morgan fingerprint density at radius 2 is 1.88 bits per heavy atom. The van der Waals surface area contributed by atoms with Crippen LogP contribution in [0.2, 0.25) is 0 Å². The van der Waals surface area contributed by atoms with Crippen molar-refractivity contribution in [1.82, 2.24) is 10.3 Å². The zero-order chi connectivity index (χ0) is 18.5. The van der Waals surface area contributed by atoms with E-state index in [9.17, 15) is 14.7 Å². The second-order valence-corrected chi connectivity index (χ2v) is 5.99. The first kappa shape index (κ1) is 17.5. The van der Waals surface area contributed by atoms with Gasteiger partial charge < -0.3 is 20.1 Å². The summed E-state index contributed by atoms with van der Waals surface area (Å²) < 4.78 is 5.18. The smallest absolute Gasteiger partial charge is 0.413 e. The molecule has 0 spiro atoms. The number of H-pyrrole nitrogens is 1. The highest BCUT2D eigenvalue weighted by Crippen LogP contribution is 2.19. The van der Waals surface area contributed by atoms with Crippen LogP contribution >= 0.6 is 0 Å². The summed E-state index contributed by atoms with van der Waals surface area (Å²) >= 11 is 0. The Kier molecular flexibility index (Phi) is 5.22. The molecule has 0 unspecified atom stereocenters. The average Bonchev–Trinajstić information content (AvgIpc) is 3.05. The quantitative estimate of drug-likeness (QED) is 0.633. The number of carbonyl (C=O) groups is 2. The number of aromatic nitrogens is 1. The van der Waals surface area contributed by atoms with Crippen LogP contribution in [-0.4, -0.2) is 28.2 Å². The van der Waals surface area contributed by atoms with E-state index in [1.54, 1.807) is 18.3 Å². The number of aliphatic carboxylic acids is 1. The summed E-state index contributed by atoms with van der Waals surface area (Å²) in [5.74, 6) is -0.746. The average molecular weight is 352 g/mol. The van der Waals surface area contributed by atoms with Crippen molar-refractivity contribution >= 4 is 23.0 Å². The SMILES string of the molecule is CCc1ccc(OC(=O)N[C@@H](Cc2c[nH]c3ccccc23)C(=O)O)cc1. The fourth-order valence-corrected chi connectivity index (χ4v) is 2.79. The number of nitrogens with one attached hydrogen (secondary N) is 2. The maximum Gasteiger partial charge on any atom is 0.413 e. The van der Waals surface area contributed by atoms with Crippen molar-refractivity contribution in [2.45, 2.75) is 25.8 Å². The second kappa shape index (κ2) is 7.74. The van der Waals surface area contributed by atoms with Crippen LogP contribution in [0.3, 0.4) is 0 Å². The molecule has 1 heterocycles. The molecule has 0 radical (unpaired) electrons. The van der Waals surface area contributed by atoms with E-state index in [0.29, 0.717) is 5.75 Å². The molecular formula is C20H20N2O4. The molecule has 1 aromatic heterocycles. The molecule has 0 aliphatic rings. The summed E-state index contributed by atoms with van der Waals surface area (Å²) in [6.07, 6.45) is 2.01. The van der Waals surface area contributed by atoms with E-state index < -0.39 is 18.1 Å². The topological polar surface area (TPSA) is 91.4 Å². The number of aryl methyl sites for hydroxylation is 1. The predicted molar refractivity (Wildman–Crippen MR) is 98.4 cm³/mol. The Hall–Kier alpha value is -3.28. The molecule has 0 bridgehead atoms. The standard InChI is InChI=1S/C20H20N2O4/c1-2-13-7-9-15(10-8-13)26-20(25)22-18(19(23)24)11-14-12-21-17-6-4-3-5-16(14)17/h3-10,12,18,21H,2,11H2,1H3,(H,22,25)(H,23,24)/t18-/m0/s1. The largest absolute Gasteiger partial charge is 0.480 e. The zero-order valence-corrected chi connectivity index (χ0v) is 14.4. The third kappa shape index (κ3) is 4.03. The first-order chi connectivity index (χ1) is 12.6. The van der Waals surface area contributed by atoms with Gasteiger partial charge >= 0.3 is 12.1 Å². The molecule has 0 saturated heterocycles. The van der Waals surface area contributed by atoms with Crippen molar-refractivity contribution in [1.29, 1.82) is 0 Å². The highest BCUT2D eigenvalue weighted by molar-refractivity contribution is 5.85. The molecule has 2 aromatic carbocycles. The zero-order valence-electron chi connectivity index (χ0n) is 14.4. The molecular weight excluding hydrogens is 332 g/mol. The Labute approximate surface area is 150 Å². The number of carboxylic acid groups (broad SMARTS) is 1. The Balaban J connectivity index is 1.67. The lowest BCUT2D eigenvalue weighted by atomic mass is 10.1. The van der Waals surface area contributed by atoms with Gasteiger partial charge in [0.1, 0.15) is 11.8 Å². The molecule has 3 rings (SSSR count). The van der Waals surface area contributed by atoms with Gasteiger partial charge in [-0.15, -0.1) is 0 Å². The number of carbonyl (C=O) groups excluding carboxylic acids is 1. The van der Waals surface area contributed by atoms with E-state index in [2.05, 4.69) is 10.3 Å². The Bertz CT molecular complexity index is 915. The number of fused-ring (bicyclic) bond motifs is 1. The number of ether oxygens (including phenoxy) is 1. The van der Waals surface area contributed by atoms with Crippen molar-refractivity contribution < 1.29 is 19.4 Å². The molecule has 3 aromatic rings. The molecule has 1 amide bonds. The van der Waals surface area contributed by atoms with Gasteiger partial charge in [-0.1, -0.05) is 37.3 Å². The Morgan fingerprint density at radius 1 is 1.15 bits per heavy atom. The normalized spacial score (nSPS) is 11.9. The van der Waals surface area contributed by atoms with Crippen LogP contribution in [0.5, 0.6) is 5.75 Å². The fourth-order valence-electron chi connectivity index (χ4n) is 2.79. The van der Waals surface area contributed by atoms with Gasteiger partial charge in [-0.05, 0) is 35.7 Å². The predicted octanol–water partition coefficient (Wildman–Crippen LogP) is 3.51. The molecule has 1 atom stereocenters. The van der Waals surface area contributed by atoms with Crippen LogP contribution in [0.25, 0.3) is 10.9 Å². The third-order valence-electron chi connectivity index (χ3n) is 4.23. The van der Waals surface area contributed by atoms with Crippen molar-refractivity contribution in [3.05, 3.63) is 65.9 Å². The summed E-state index contributed by atoms with van der Waals surface area (Å²) in [5.41, 5.74) is 2.87. The molecule has 6 heteroatoms. The maximum atomic E-state index is 12.1. The van der Waals surface area contributed by atoms with E-state index in [4.69, 9.17) is 4.74 Å². The lowest BCUT2D eigenvalue weighted by molar-refractivity contribution is -0.139. The van der Waals surface area contributed by atoms with E-state index >= 15 is 0 Å². The van der Waals surface area contributed by atoms with E-state index in [1.807, 2.05) is 43.3 Å². The second-order valence-electron chi connectivity index (χ2n) is 5.99. The number of benzene rings is 2. The number of hydrogen-bond donors (Lipinski definition) is 3. The molecule has 3 N–H and O–H groups in total. The molecule has 134 valence electrons. The highest BCUT2D eigenvalue weighted by Gasteiger charge is 2.22. The lowest BCUT2D eigenvalue weighted by Gasteiger charge is -2.14. The van der Waals surface area contributed by atoms with Crippen molar-refractivity contribution in [3.63, 3.8) is 0 Å². The van der Waals surface area contributed by atoms with Crippen LogP contribution in [0.15, 0.2) is 54.7 Å². The van der Waals surface area contributed by atoms with Gasteiger partial charge in [0.25, 0.3) is 0 Å². The number of aromatic amines is 1. The van der Waals surface area contributed by atoms with Crippen LogP contribution in [-0.2, 0) is 17.6 Å². The van der Waals surface area contributed by atoms with Gasteiger partial charge in [-0.3, -0.25) is 0 Å². The lowest BCUT2D eigenvalue weighted by Crippen LogP contribution is -2.43. The summed E-state index contributed by atoms with van der Waals surface area (Å²) in [6, 6.07) is 13.6. The van der Waals surface area contributed by atoms with Crippen LogP contribution < -0.4 is 10.1 Å². The number of carboxylic acids is 1. The number of amides is 1. The van der Waals surface area contributed by atoms with Gasteiger partial charge in [-0.25, -0.2) is 9.59 Å². The minimum atomic E-state index is -1.12. The van der Waals surface area contributed by atoms with Crippen molar-refractivity contribution in [2.24, 2.45) is 0 Å². The number of rotatable bonds is 6. The van der Waals surface area contributed by atoms with Crippen molar-refractivity contribution in [2.75, 3.05) is 0 Å². The van der Waals surface area contributed by atoms with E-state index in [1.165, 1.54) is 0 Å². The summed E-state index contributed by atoms with van der Waals surface area (Å²) in [4.78, 5) is 26.7. The summed E-state index contributed by atoms with van der Waals surface area (Å²) in [6.45, 7) is 2.03. The molecule has 6 nitrogen and oxygen atoms in total. The molecule has 0 aliphatic heterocycles. The molecule has 26 heavy (non-hydrogen) atoms. The third-order valence-corrected chi connectivity index (χ3v) is 4.23. The van der Waals surface area contributed by atoms with Gasteiger partial charge in [0, 0.05) is 23.5 Å². The fraction of sp³-hybridized carbons (Fsp3) is 0.200. The van der Waals surface area contributed by atoms with Crippen LogP contribution in [0.1, 0.15) is 18.1 Å². The first-order valence-electron chi connectivity index (χ1n) is 8.42. The van der Waals surface area contributed by atoms with E-state index in [0.717, 1.165) is 28.5 Å². The molecule has 0 fully saturated rings. The molecule has 0 aliphatic carbocycles. The van der Waals surface area contributed by atoms with Gasteiger partial charge in [0.05, 0.1) is 0 Å².